The zero-order chi connectivity index (χ0) is 16.3. The average Bonchev–Trinajstić information content (AvgIpc) is 2.90. The van der Waals surface area contributed by atoms with Crippen LogP contribution in [0, 0.1) is 17.0 Å². The highest BCUT2D eigenvalue weighted by atomic mass is 32.1. The Morgan fingerprint density at radius 2 is 2.23 bits per heavy atom. The fourth-order valence-corrected chi connectivity index (χ4v) is 2.93. The maximum absolute atomic E-state index is 11.5. The minimum atomic E-state index is -0.654. The molecule has 7 nitrogen and oxygen atoms in total. The van der Waals surface area contributed by atoms with Crippen LogP contribution in [0.15, 0.2) is 24.4 Å². The summed E-state index contributed by atoms with van der Waals surface area (Å²) >= 11 is 1.62. The number of aromatic nitrogens is 1. The van der Waals surface area contributed by atoms with Gasteiger partial charge in [0.15, 0.2) is 0 Å². The summed E-state index contributed by atoms with van der Waals surface area (Å²) in [7, 11) is 2.94. The summed E-state index contributed by atoms with van der Waals surface area (Å²) < 4.78 is 4.56. The van der Waals surface area contributed by atoms with Gasteiger partial charge in [-0.15, -0.1) is 11.3 Å². The first-order valence-corrected chi connectivity index (χ1v) is 7.23. The normalized spacial score (nSPS) is 10.3. The van der Waals surface area contributed by atoms with E-state index in [4.69, 9.17) is 0 Å². The molecular formula is C14H15N3O4S. The molecule has 0 spiro atoms. The lowest BCUT2D eigenvalue weighted by atomic mass is 10.2. The van der Waals surface area contributed by atoms with Crippen LogP contribution in [-0.4, -0.2) is 30.0 Å². The minimum absolute atomic E-state index is 0.0540. The summed E-state index contributed by atoms with van der Waals surface area (Å²) in [6.45, 7) is 2.50. The number of ether oxygens (including phenoxy) is 1. The predicted octanol–water partition coefficient (Wildman–Crippen LogP) is 2.78. The van der Waals surface area contributed by atoms with Crippen LogP contribution in [0.1, 0.15) is 20.1 Å². The van der Waals surface area contributed by atoms with Gasteiger partial charge in [-0.25, -0.2) is 9.78 Å². The topological polar surface area (TPSA) is 85.6 Å². The van der Waals surface area contributed by atoms with E-state index in [1.54, 1.807) is 23.3 Å². The first kappa shape index (κ1) is 15.9. The van der Waals surface area contributed by atoms with Crippen LogP contribution in [0.5, 0.6) is 0 Å². The highest BCUT2D eigenvalue weighted by Crippen LogP contribution is 2.28. The lowest BCUT2D eigenvalue weighted by molar-refractivity contribution is -0.384. The molecule has 0 radical (unpaired) electrons. The van der Waals surface area contributed by atoms with Crippen molar-refractivity contribution in [3.05, 3.63) is 49.8 Å². The number of aryl methyl sites for hydroxylation is 1. The van der Waals surface area contributed by atoms with Crippen molar-refractivity contribution < 1.29 is 14.5 Å². The number of methoxy groups -OCH3 is 1. The fourth-order valence-electron chi connectivity index (χ4n) is 1.98. The van der Waals surface area contributed by atoms with E-state index in [1.165, 1.54) is 24.3 Å². The third-order valence-corrected chi connectivity index (χ3v) is 4.00. The van der Waals surface area contributed by atoms with Gasteiger partial charge >= 0.3 is 11.7 Å². The van der Waals surface area contributed by atoms with E-state index in [1.807, 2.05) is 19.1 Å². The summed E-state index contributed by atoms with van der Waals surface area (Å²) in [4.78, 5) is 30.1. The molecule has 0 bridgehead atoms. The van der Waals surface area contributed by atoms with Gasteiger partial charge in [0.05, 0.1) is 24.1 Å². The number of rotatable bonds is 5. The van der Waals surface area contributed by atoms with Crippen molar-refractivity contribution in [3.8, 4) is 0 Å². The summed E-state index contributed by atoms with van der Waals surface area (Å²) in [6, 6.07) is 5.16. The monoisotopic (exact) mass is 321 g/mol. The predicted molar refractivity (Wildman–Crippen MR) is 83.4 cm³/mol. The quantitative estimate of drug-likeness (QED) is 0.478. The first-order valence-electron chi connectivity index (χ1n) is 6.41. The fraction of sp³-hybridized carbons (Fsp3) is 0.286. The van der Waals surface area contributed by atoms with Crippen molar-refractivity contribution in [2.45, 2.75) is 13.5 Å². The van der Waals surface area contributed by atoms with Crippen molar-refractivity contribution in [2.75, 3.05) is 19.1 Å². The van der Waals surface area contributed by atoms with Crippen molar-refractivity contribution >= 4 is 28.8 Å². The van der Waals surface area contributed by atoms with Crippen LogP contribution in [0.25, 0.3) is 0 Å². The minimum Gasteiger partial charge on any atom is -0.465 e. The smallest absolute Gasteiger partial charge is 0.339 e. The van der Waals surface area contributed by atoms with Gasteiger partial charge in [-0.3, -0.25) is 10.1 Å². The highest BCUT2D eigenvalue weighted by molar-refractivity contribution is 7.11. The Kier molecular flexibility index (Phi) is 4.71. The largest absolute Gasteiger partial charge is 0.465 e. The molecule has 0 saturated heterocycles. The molecule has 0 saturated carbocycles. The average molecular weight is 321 g/mol. The Morgan fingerprint density at radius 3 is 2.77 bits per heavy atom. The molecular weight excluding hydrogens is 306 g/mol. The molecule has 0 amide bonds. The van der Waals surface area contributed by atoms with E-state index >= 15 is 0 Å². The lowest BCUT2D eigenvalue weighted by Crippen LogP contribution is -2.19. The molecule has 2 aromatic rings. The van der Waals surface area contributed by atoms with Crippen molar-refractivity contribution in [1.29, 1.82) is 0 Å². The first-order chi connectivity index (χ1) is 10.4. The Morgan fingerprint density at radius 1 is 1.50 bits per heavy atom. The van der Waals surface area contributed by atoms with Gasteiger partial charge < -0.3 is 9.64 Å². The van der Waals surface area contributed by atoms with Gasteiger partial charge in [0.2, 0.25) is 5.82 Å². The van der Waals surface area contributed by atoms with Crippen LogP contribution in [-0.2, 0) is 11.3 Å². The molecule has 0 N–H and O–H groups in total. The molecule has 0 aliphatic carbocycles. The Labute approximate surface area is 131 Å². The Balaban J connectivity index is 2.32. The molecule has 0 aromatic carbocycles. The second-order valence-corrected chi connectivity index (χ2v) is 6.06. The molecule has 0 unspecified atom stereocenters. The standard InChI is InChI=1S/C14H15N3O4S/c1-9-4-5-11(22-9)8-16(2)13-12(17(19)20)6-10(7-15-13)14(18)21-3/h4-7H,8H2,1-3H3. The number of nitro groups is 1. The van der Waals surface area contributed by atoms with Crippen LogP contribution in [0.2, 0.25) is 0 Å². The van der Waals surface area contributed by atoms with Crippen LogP contribution < -0.4 is 4.90 Å². The van der Waals surface area contributed by atoms with Gasteiger partial charge in [0.25, 0.3) is 0 Å². The van der Waals surface area contributed by atoms with Crippen LogP contribution in [0.3, 0.4) is 0 Å². The van der Waals surface area contributed by atoms with Crippen molar-refractivity contribution in [1.82, 2.24) is 4.98 Å². The zero-order valence-electron chi connectivity index (χ0n) is 12.4. The number of carbonyl (C=O) groups excluding carboxylic acids is 1. The second kappa shape index (κ2) is 6.52. The number of nitrogens with zero attached hydrogens (tertiary/aromatic N) is 3. The van der Waals surface area contributed by atoms with Crippen LogP contribution in [0.4, 0.5) is 11.5 Å². The van der Waals surface area contributed by atoms with Gasteiger partial charge in [-0.1, -0.05) is 0 Å². The molecule has 22 heavy (non-hydrogen) atoms. The third kappa shape index (κ3) is 3.40. The Hall–Kier alpha value is -2.48. The molecule has 2 rings (SSSR count). The molecule has 116 valence electrons. The summed E-state index contributed by atoms with van der Waals surface area (Å²) in [6.07, 6.45) is 1.28. The van der Waals surface area contributed by atoms with Gasteiger partial charge in [-0.05, 0) is 19.1 Å². The lowest BCUT2D eigenvalue weighted by Gasteiger charge is -2.17. The summed E-state index contributed by atoms with van der Waals surface area (Å²) in [5, 5.41) is 11.2. The van der Waals surface area contributed by atoms with Gasteiger partial charge in [0, 0.05) is 29.1 Å². The molecule has 0 aliphatic rings. The molecule has 0 fully saturated rings. The van der Waals surface area contributed by atoms with E-state index in [0.29, 0.717) is 6.54 Å². The number of thiophene rings is 1. The SMILES string of the molecule is COC(=O)c1cnc(N(C)Cc2ccc(C)s2)c([N+](=O)[O-])c1. The number of esters is 1. The number of hydrogen-bond donors (Lipinski definition) is 0. The molecule has 2 heterocycles. The van der Waals surface area contributed by atoms with Crippen LogP contribution >= 0.6 is 11.3 Å². The maximum atomic E-state index is 11.5. The maximum Gasteiger partial charge on any atom is 0.339 e. The number of hydrogen-bond acceptors (Lipinski definition) is 7. The summed E-state index contributed by atoms with van der Waals surface area (Å²) in [5.74, 6) is -0.442. The molecule has 8 heteroatoms. The number of pyridine rings is 1. The van der Waals surface area contributed by atoms with E-state index in [-0.39, 0.29) is 17.1 Å². The zero-order valence-corrected chi connectivity index (χ0v) is 13.2. The third-order valence-electron chi connectivity index (χ3n) is 3.02. The van der Waals surface area contributed by atoms with Gasteiger partial charge in [-0.2, -0.15) is 0 Å². The van der Waals surface area contributed by atoms with Gasteiger partial charge in [0.1, 0.15) is 0 Å². The van der Waals surface area contributed by atoms with E-state index in [2.05, 4.69) is 9.72 Å². The highest BCUT2D eigenvalue weighted by Gasteiger charge is 2.22. The number of carbonyl (C=O) groups is 1. The Bertz CT molecular complexity index is 714. The number of anilines is 1. The van der Waals surface area contributed by atoms with Crippen molar-refractivity contribution in [2.24, 2.45) is 0 Å². The van der Waals surface area contributed by atoms with E-state index < -0.39 is 10.9 Å². The molecule has 0 aliphatic heterocycles. The van der Waals surface area contributed by atoms with E-state index in [9.17, 15) is 14.9 Å². The molecule has 2 aromatic heterocycles. The molecule has 0 atom stereocenters. The van der Waals surface area contributed by atoms with Crippen molar-refractivity contribution in [3.63, 3.8) is 0 Å². The summed E-state index contributed by atoms with van der Waals surface area (Å²) in [5.41, 5.74) is -0.169. The second-order valence-electron chi connectivity index (χ2n) is 4.68. The van der Waals surface area contributed by atoms with E-state index in [0.717, 1.165) is 4.88 Å².